The zero-order valence-electron chi connectivity index (χ0n) is 27.0. The maximum atomic E-state index is 6.52. The summed E-state index contributed by atoms with van der Waals surface area (Å²) in [6, 6.07) is 46.9. The molecule has 1 atom stereocenters. The summed E-state index contributed by atoms with van der Waals surface area (Å²) in [6.45, 7) is 0. The van der Waals surface area contributed by atoms with Crippen molar-refractivity contribution in [3.8, 4) is 45.0 Å². The van der Waals surface area contributed by atoms with Crippen molar-refractivity contribution in [1.29, 1.82) is 0 Å². The van der Waals surface area contributed by atoms with Crippen LogP contribution in [0.25, 0.3) is 87.1 Å². The van der Waals surface area contributed by atoms with Crippen molar-refractivity contribution in [2.75, 3.05) is 0 Å². The average molecular weight is 660 g/mol. The molecule has 0 bridgehead atoms. The summed E-state index contributed by atoms with van der Waals surface area (Å²) < 4.78 is 9.01. The zero-order valence-corrected chi connectivity index (χ0v) is 27.8. The van der Waals surface area contributed by atoms with Crippen LogP contribution in [0.2, 0.25) is 0 Å². The molecule has 1 aliphatic rings. The quantitative estimate of drug-likeness (QED) is 0.184. The smallest absolute Gasteiger partial charge is 0.164 e. The molecule has 4 nitrogen and oxygen atoms in total. The number of fused-ring (bicyclic) bond motifs is 6. The van der Waals surface area contributed by atoms with Gasteiger partial charge in [0.05, 0.1) is 0 Å². The third-order valence-electron chi connectivity index (χ3n) is 9.65. The van der Waals surface area contributed by atoms with Crippen molar-refractivity contribution < 1.29 is 4.42 Å². The van der Waals surface area contributed by atoms with E-state index in [9.17, 15) is 0 Å². The van der Waals surface area contributed by atoms with Gasteiger partial charge in [0, 0.05) is 48.0 Å². The third-order valence-corrected chi connectivity index (χ3v) is 10.8. The van der Waals surface area contributed by atoms with Gasteiger partial charge in [-0.1, -0.05) is 127 Å². The highest BCUT2D eigenvalue weighted by atomic mass is 32.1. The fraction of sp³-hybridized carbons (Fsp3) is 0.0444. The van der Waals surface area contributed by atoms with Gasteiger partial charge in [-0.05, 0) is 59.0 Å². The number of rotatable bonds is 5. The van der Waals surface area contributed by atoms with Crippen LogP contribution < -0.4 is 0 Å². The Morgan fingerprint density at radius 1 is 0.520 bits per heavy atom. The molecule has 3 aromatic heterocycles. The van der Waals surface area contributed by atoms with Crippen molar-refractivity contribution in [2.24, 2.45) is 0 Å². The Kier molecular flexibility index (Phi) is 6.78. The molecule has 236 valence electrons. The average Bonchev–Trinajstić information content (AvgIpc) is 3.76. The highest BCUT2D eigenvalue weighted by molar-refractivity contribution is 7.25. The number of furan rings is 1. The molecule has 6 aromatic carbocycles. The predicted octanol–water partition coefficient (Wildman–Crippen LogP) is 12.4. The van der Waals surface area contributed by atoms with Crippen LogP contribution in [0.4, 0.5) is 0 Å². The van der Waals surface area contributed by atoms with Gasteiger partial charge in [0.15, 0.2) is 11.6 Å². The van der Waals surface area contributed by atoms with Crippen molar-refractivity contribution in [1.82, 2.24) is 15.0 Å². The SMILES string of the molecule is C1=CCC(c2nc(-c3ccc4c(c3)sc3ccccc34)nc(-c3cc(-c4ccc(-c5ccccc5)cc4)cc4oc5ccccc5c34)n2)C=C1. The van der Waals surface area contributed by atoms with Crippen LogP contribution in [0.15, 0.2) is 162 Å². The minimum atomic E-state index is 0.0545. The van der Waals surface area contributed by atoms with Crippen LogP contribution in [0.5, 0.6) is 0 Å². The number of hydrogen-bond acceptors (Lipinski definition) is 5. The van der Waals surface area contributed by atoms with Crippen LogP contribution in [0, 0.1) is 0 Å². The molecule has 0 spiro atoms. The van der Waals surface area contributed by atoms with Crippen LogP contribution in [-0.2, 0) is 0 Å². The molecule has 0 saturated carbocycles. The van der Waals surface area contributed by atoms with E-state index in [1.165, 1.54) is 31.3 Å². The van der Waals surface area contributed by atoms with E-state index in [0.29, 0.717) is 11.6 Å². The summed E-state index contributed by atoms with van der Waals surface area (Å²) in [6.07, 6.45) is 9.38. The van der Waals surface area contributed by atoms with Crippen LogP contribution in [0.3, 0.4) is 0 Å². The van der Waals surface area contributed by atoms with Gasteiger partial charge in [0.25, 0.3) is 0 Å². The Morgan fingerprint density at radius 3 is 2.06 bits per heavy atom. The number of hydrogen-bond donors (Lipinski definition) is 0. The van der Waals surface area contributed by atoms with E-state index < -0.39 is 0 Å². The summed E-state index contributed by atoms with van der Waals surface area (Å²) in [5.74, 6) is 2.13. The Balaban J connectivity index is 1.18. The van der Waals surface area contributed by atoms with Crippen molar-refractivity contribution in [3.05, 3.63) is 164 Å². The predicted molar refractivity (Wildman–Crippen MR) is 207 cm³/mol. The second-order valence-electron chi connectivity index (χ2n) is 12.7. The largest absolute Gasteiger partial charge is 0.456 e. The Hall–Kier alpha value is -6.17. The van der Waals surface area contributed by atoms with Gasteiger partial charge in [-0.3, -0.25) is 0 Å². The second kappa shape index (κ2) is 11.8. The molecule has 50 heavy (non-hydrogen) atoms. The molecule has 10 rings (SSSR count). The molecule has 1 unspecified atom stereocenters. The van der Waals surface area contributed by atoms with Crippen LogP contribution in [-0.4, -0.2) is 15.0 Å². The van der Waals surface area contributed by atoms with E-state index in [0.717, 1.165) is 56.4 Å². The van der Waals surface area contributed by atoms with E-state index in [2.05, 4.69) is 140 Å². The van der Waals surface area contributed by atoms with E-state index in [4.69, 9.17) is 19.4 Å². The lowest BCUT2D eigenvalue weighted by Crippen LogP contribution is -2.08. The lowest BCUT2D eigenvalue weighted by atomic mass is 9.96. The van der Waals surface area contributed by atoms with E-state index in [1.807, 2.05) is 18.2 Å². The molecule has 0 fully saturated rings. The molecule has 0 radical (unpaired) electrons. The van der Waals surface area contributed by atoms with Crippen LogP contribution in [0.1, 0.15) is 18.2 Å². The molecule has 0 amide bonds. The molecule has 0 N–H and O–H groups in total. The van der Waals surface area contributed by atoms with Gasteiger partial charge in [-0.25, -0.2) is 15.0 Å². The van der Waals surface area contributed by atoms with Gasteiger partial charge < -0.3 is 4.42 Å². The number of para-hydroxylation sites is 1. The molecule has 1 aliphatic carbocycles. The lowest BCUT2D eigenvalue weighted by molar-refractivity contribution is 0.669. The standard InChI is InChI=1S/C45H29N3OS/c1-3-11-28(12-4-1)29-19-21-30(22-20-29)33-25-37(42-36-16-7-9-17-38(36)49-39(42)26-33)45-47-43(31-13-5-2-6-14-31)46-44(48-45)32-23-24-35-34-15-8-10-18-40(34)50-41(35)27-32/h1-13,15-27,31H,14H2. The summed E-state index contributed by atoms with van der Waals surface area (Å²) in [7, 11) is 0. The number of benzene rings is 6. The monoisotopic (exact) mass is 659 g/mol. The van der Waals surface area contributed by atoms with E-state index >= 15 is 0 Å². The molecule has 0 aliphatic heterocycles. The van der Waals surface area contributed by atoms with Crippen molar-refractivity contribution in [3.63, 3.8) is 0 Å². The lowest BCUT2D eigenvalue weighted by Gasteiger charge is -2.15. The molecule has 3 heterocycles. The number of aromatic nitrogens is 3. The van der Waals surface area contributed by atoms with Gasteiger partial charge in [0.1, 0.15) is 17.0 Å². The fourth-order valence-corrected chi connectivity index (χ4v) is 8.27. The molecule has 0 saturated heterocycles. The van der Waals surface area contributed by atoms with Crippen molar-refractivity contribution in [2.45, 2.75) is 12.3 Å². The van der Waals surface area contributed by atoms with Gasteiger partial charge in [-0.2, -0.15) is 0 Å². The minimum Gasteiger partial charge on any atom is -0.456 e. The van der Waals surface area contributed by atoms with Gasteiger partial charge in [0.2, 0.25) is 0 Å². The first kappa shape index (κ1) is 28.8. The maximum absolute atomic E-state index is 6.52. The zero-order chi connectivity index (χ0) is 33.0. The Labute approximate surface area is 292 Å². The number of thiophene rings is 1. The highest BCUT2D eigenvalue weighted by Crippen LogP contribution is 2.41. The Bertz CT molecular complexity index is 2790. The second-order valence-corrected chi connectivity index (χ2v) is 13.8. The van der Waals surface area contributed by atoms with Crippen LogP contribution >= 0.6 is 11.3 Å². The molecular formula is C45H29N3OS. The molecular weight excluding hydrogens is 631 g/mol. The van der Waals surface area contributed by atoms with Crippen molar-refractivity contribution >= 4 is 53.4 Å². The number of nitrogens with zero attached hydrogens (tertiary/aromatic N) is 3. The first-order valence-corrected chi connectivity index (χ1v) is 17.7. The minimum absolute atomic E-state index is 0.0545. The first-order valence-electron chi connectivity index (χ1n) is 16.9. The van der Waals surface area contributed by atoms with E-state index in [1.54, 1.807) is 11.3 Å². The normalized spacial score (nSPS) is 14.4. The summed E-state index contributed by atoms with van der Waals surface area (Å²) in [4.78, 5) is 15.6. The third kappa shape index (κ3) is 4.94. The highest BCUT2D eigenvalue weighted by Gasteiger charge is 2.22. The summed E-state index contributed by atoms with van der Waals surface area (Å²) >= 11 is 1.80. The number of allylic oxidation sites excluding steroid dienone is 4. The van der Waals surface area contributed by atoms with Gasteiger partial charge in [-0.15, -0.1) is 11.3 Å². The summed E-state index contributed by atoms with van der Waals surface area (Å²) in [5, 5.41) is 4.58. The van der Waals surface area contributed by atoms with Gasteiger partial charge >= 0.3 is 0 Å². The fourth-order valence-electron chi connectivity index (χ4n) is 7.13. The Morgan fingerprint density at radius 2 is 1.22 bits per heavy atom. The first-order chi connectivity index (χ1) is 24.7. The van der Waals surface area contributed by atoms with E-state index in [-0.39, 0.29) is 5.92 Å². The maximum Gasteiger partial charge on any atom is 0.164 e. The topological polar surface area (TPSA) is 51.8 Å². The molecule has 9 aromatic rings. The molecule has 5 heteroatoms. The summed E-state index contributed by atoms with van der Waals surface area (Å²) in [5.41, 5.74) is 8.06.